The second kappa shape index (κ2) is 6.92. The van der Waals surface area contributed by atoms with Gasteiger partial charge in [0.05, 0.1) is 38.2 Å². The summed E-state index contributed by atoms with van der Waals surface area (Å²) in [4.78, 5) is 25.3. The van der Waals surface area contributed by atoms with Crippen molar-refractivity contribution in [2.75, 3.05) is 21.3 Å². The fourth-order valence-corrected chi connectivity index (χ4v) is 3.57. The molecule has 28 heavy (non-hydrogen) atoms. The molecular weight excluding hydrogens is 364 g/mol. The fourth-order valence-electron chi connectivity index (χ4n) is 3.57. The van der Waals surface area contributed by atoms with E-state index in [4.69, 9.17) is 23.4 Å². The van der Waals surface area contributed by atoms with E-state index in [9.17, 15) is 9.59 Å². The van der Waals surface area contributed by atoms with Crippen molar-refractivity contribution in [3.05, 3.63) is 64.0 Å². The first-order valence-corrected chi connectivity index (χ1v) is 8.61. The molecule has 7 nitrogen and oxygen atoms in total. The quantitative estimate of drug-likeness (QED) is 0.507. The fraction of sp³-hybridized carbons (Fsp3) is 0.238. The number of esters is 1. The number of hydrogen-bond acceptors (Lipinski definition) is 7. The molecule has 0 bridgehead atoms. The van der Waals surface area contributed by atoms with Crippen molar-refractivity contribution in [1.29, 1.82) is 0 Å². The number of para-hydroxylation sites is 1. The van der Waals surface area contributed by atoms with Crippen LogP contribution < -0.4 is 19.8 Å². The van der Waals surface area contributed by atoms with E-state index in [1.54, 1.807) is 49.6 Å². The Balaban J connectivity index is 1.99. The summed E-state index contributed by atoms with van der Waals surface area (Å²) in [7, 11) is 4.32. The minimum atomic E-state index is -1.05. The van der Waals surface area contributed by atoms with Crippen molar-refractivity contribution in [3.8, 4) is 17.2 Å². The maximum atomic E-state index is 12.8. The monoisotopic (exact) mass is 382 g/mol. The maximum absolute atomic E-state index is 12.8. The Labute approximate surface area is 160 Å². The second-order valence-electron chi connectivity index (χ2n) is 6.28. The number of benzene rings is 2. The number of ether oxygens (including phenoxy) is 4. The van der Waals surface area contributed by atoms with E-state index in [0.29, 0.717) is 33.8 Å². The van der Waals surface area contributed by atoms with Crippen molar-refractivity contribution in [2.45, 2.75) is 12.0 Å². The van der Waals surface area contributed by atoms with Crippen LogP contribution in [0.1, 0.15) is 17.0 Å². The van der Waals surface area contributed by atoms with Gasteiger partial charge in [-0.05, 0) is 18.2 Å². The molecule has 1 aliphatic heterocycles. The lowest BCUT2D eigenvalue weighted by molar-refractivity contribution is -0.148. The number of methoxy groups -OCH3 is 3. The topological polar surface area (TPSA) is 84.2 Å². The summed E-state index contributed by atoms with van der Waals surface area (Å²) in [5.74, 6) is 0.0269. The molecule has 4 rings (SSSR count). The number of fused-ring (bicyclic) bond motifs is 3. The molecule has 0 fully saturated rings. The van der Waals surface area contributed by atoms with Gasteiger partial charge in [0, 0.05) is 11.6 Å². The van der Waals surface area contributed by atoms with Crippen molar-refractivity contribution < 1.29 is 28.2 Å². The summed E-state index contributed by atoms with van der Waals surface area (Å²) < 4.78 is 27.1. The Hall–Kier alpha value is -3.48. The molecule has 0 saturated heterocycles. The summed E-state index contributed by atoms with van der Waals surface area (Å²) >= 11 is 0. The van der Waals surface area contributed by atoms with Crippen molar-refractivity contribution in [2.24, 2.45) is 0 Å². The molecule has 1 aromatic heterocycles. The van der Waals surface area contributed by atoms with E-state index >= 15 is 0 Å². The summed E-state index contributed by atoms with van der Waals surface area (Å²) in [6.45, 7) is 0. The van der Waals surface area contributed by atoms with Gasteiger partial charge in [-0.2, -0.15) is 0 Å². The SMILES string of the molecule is COC(=O)[C@@H]1Oc2c(c(=O)oc3ccccc23)[C@@H]1c1ccc(OC)cc1OC. The number of hydrogen-bond donors (Lipinski definition) is 0. The minimum absolute atomic E-state index is 0.262. The van der Waals surface area contributed by atoms with E-state index in [1.807, 2.05) is 0 Å². The molecule has 2 heterocycles. The first kappa shape index (κ1) is 17.9. The van der Waals surface area contributed by atoms with Crippen molar-refractivity contribution in [1.82, 2.24) is 0 Å². The molecule has 1 aliphatic rings. The van der Waals surface area contributed by atoms with Crippen LogP contribution in [0, 0.1) is 0 Å². The van der Waals surface area contributed by atoms with Gasteiger partial charge in [0.1, 0.15) is 22.8 Å². The summed E-state index contributed by atoms with van der Waals surface area (Å²) in [5, 5.41) is 0.612. The highest BCUT2D eigenvalue weighted by atomic mass is 16.6. The minimum Gasteiger partial charge on any atom is -0.497 e. The predicted molar refractivity (Wildman–Crippen MR) is 100 cm³/mol. The molecular formula is C21H18O7. The molecule has 0 aliphatic carbocycles. The smallest absolute Gasteiger partial charge is 0.348 e. The zero-order valence-electron chi connectivity index (χ0n) is 15.6. The van der Waals surface area contributed by atoms with Crippen LogP contribution in [0.15, 0.2) is 51.7 Å². The van der Waals surface area contributed by atoms with Gasteiger partial charge < -0.3 is 23.4 Å². The largest absolute Gasteiger partial charge is 0.497 e. The Morgan fingerprint density at radius 3 is 2.54 bits per heavy atom. The van der Waals surface area contributed by atoms with Gasteiger partial charge in [-0.3, -0.25) is 0 Å². The van der Waals surface area contributed by atoms with Gasteiger partial charge >= 0.3 is 11.6 Å². The van der Waals surface area contributed by atoms with Gasteiger partial charge in [0.15, 0.2) is 0 Å². The highest BCUT2D eigenvalue weighted by Crippen LogP contribution is 2.47. The van der Waals surface area contributed by atoms with Gasteiger partial charge in [0.25, 0.3) is 0 Å². The summed E-state index contributed by atoms with van der Waals surface area (Å²) in [5.41, 5.74) is 0.679. The Morgan fingerprint density at radius 1 is 1.04 bits per heavy atom. The summed E-state index contributed by atoms with van der Waals surface area (Å²) in [6, 6.07) is 12.2. The normalized spacial score (nSPS) is 17.7. The van der Waals surface area contributed by atoms with Crippen LogP contribution in [0.25, 0.3) is 11.0 Å². The van der Waals surface area contributed by atoms with Gasteiger partial charge in [-0.15, -0.1) is 0 Å². The van der Waals surface area contributed by atoms with Crippen molar-refractivity contribution in [3.63, 3.8) is 0 Å². The molecule has 0 spiro atoms. The lowest BCUT2D eigenvalue weighted by Gasteiger charge is -2.19. The van der Waals surface area contributed by atoms with Gasteiger partial charge in [0.2, 0.25) is 6.10 Å². The molecule has 0 N–H and O–H groups in total. The maximum Gasteiger partial charge on any atom is 0.348 e. The highest BCUT2D eigenvalue weighted by Gasteiger charge is 2.46. The molecule has 144 valence electrons. The van der Waals surface area contributed by atoms with E-state index in [-0.39, 0.29) is 5.56 Å². The van der Waals surface area contributed by atoms with Crippen LogP contribution in [-0.4, -0.2) is 33.4 Å². The standard InChI is InChI=1S/C21H18O7/c1-24-11-8-9-12(15(10-11)25-2)16-17-18(28-19(16)21(23)26-3)13-6-4-5-7-14(13)27-20(17)22/h4-10,16,19H,1-3H3/t16-,19+/m0/s1. The molecule has 0 radical (unpaired) electrons. The third-order valence-corrected chi connectivity index (χ3v) is 4.87. The van der Waals surface area contributed by atoms with Crippen LogP contribution in [0.5, 0.6) is 17.2 Å². The van der Waals surface area contributed by atoms with Gasteiger partial charge in [-0.1, -0.05) is 18.2 Å². The number of carbonyl (C=O) groups excluding carboxylic acids is 1. The lowest BCUT2D eigenvalue weighted by atomic mass is 9.88. The molecule has 7 heteroatoms. The van der Waals surface area contributed by atoms with Crippen LogP contribution in [-0.2, 0) is 9.53 Å². The summed E-state index contributed by atoms with van der Waals surface area (Å²) in [6.07, 6.45) is -1.05. The van der Waals surface area contributed by atoms with E-state index < -0.39 is 23.6 Å². The Morgan fingerprint density at radius 2 is 1.82 bits per heavy atom. The molecule has 0 unspecified atom stereocenters. The number of rotatable bonds is 4. The van der Waals surface area contributed by atoms with E-state index in [1.165, 1.54) is 14.2 Å². The molecule has 2 atom stereocenters. The number of carbonyl (C=O) groups is 1. The first-order chi connectivity index (χ1) is 13.6. The predicted octanol–water partition coefficient (Wildman–Crippen LogP) is 2.88. The third kappa shape index (κ3) is 2.67. The van der Waals surface area contributed by atoms with Crippen LogP contribution in [0.2, 0.25) is 0 Å². The second-order valence-corrected chi connectivity index (χ2v) is 6.28. The van der Waals surface area contributed by atoms with Crippen LogP contribution >= 0.6 is 0 Å². The van der Waals surface area contributed by atoms with Crippen molar-refractivity contribution >= 4 is 16.9 Å². The first-order valence-electron chi connectivity index (χ1n) is 8.61. The van der Waals surface area contributed by atoms with Crippen LogP contribution in [0.4, 0.5) is 0 Å². The average Bonchev–Trinajstić information content (AvgIpc) is 3.14. The Bertz CT molecular complexity index is 1120. The third-order valence-electron chi connectivity index (χ3n) is 4.87. The molecule has 3 aromatic rings. The highest BCUT2D eigenvalue weighted by molar-refractivity contribution is 5.88. The van der Waals surface area contributed by atoms with E-state index in [0.717, 1.165) is 0 Å². The Kier molecular flexibility index (Phi) is 4.43. The van der Waals surface area contributed by atoms with E-state index in [2.05, 4.69) is 0 Å². The lowest BCUT2D eigenvalue weighted by Crippen LogP contribution is -2.32. The molecule has 0 saturated carbocycles. The zero-order chi connectivity index (χ0) is 19.8. The molecule has 0 amide bonds. The average molecular weight is 382 g/mol. The van der Waals surface area contributed by atoms with Crippen LogP contribution in [0.3, 0.4) is 0 Å². The van der Waals surface area contributed by atoms with Gasteiger partial charge in [-0.25, -0.2) is 9.59 Å². The zero-order valence-corrected chi connectivity index (χ0v) is 15.6. The molecule has 2 aromatic carbocycles.